The van der Waals surface area contributed by atoms with Crippen LogP contribution in [0.25, 0.3) is 0 Å². The second kappa shape index (κ2) is 8.18. The molecule has 0 saturated heterocycles. The third-order valence-electron chi connectivity index (χ3n) is 4.62. The van der Waals surface area contributed by atoms with Crippen molar-refractivity contribution < 1.29 is 9.53 Å². The molecule has 1 aliphatic carbocycles. The van der Waals surface area contributed by atoms with Gasteiger partial charge in [0.15, 0.2) is 0 Å². The van der Waals surface area contributed by atoms with Gasteiger partial charge in [0.1, 0.15) is 5.75 Å². The third-order valence-corrected chi connectivity index (χ3v) is 4.62. The molecule has 0 unspecified atom stereocenters. The molecule has 1 saturated carbocycles. The first-order valence-corrected chi connectivity index (χ1v) is 8.31. The van der Waals surface area contributed by atoms with E-state index in [2.05, 4.69) is 17.6 Å². The largest absolute Gasteiger partial charge is 0.497 e. The summed E-state index contributed by atoms with van der Waals surface area (Å²) in [6.45, 7) is 4.13. The Balaban J connectivity index is 1.82. The number of nitrogens with one attached hydrogen (secondary N) is 2. The summed E-state index contributed by atoms with van der Waals surface area (Å²) in [5.41, 5.74) is 0.796. The fraction of sp³-hybridized carbons (Fsp3) is 0.611. The van der Waals surface area contributed by atoms with E-state index in [0.29, 0.717) is 12.0 Å². The standard InChI is InChI=1S/C18H28N2O2/c1-13(15-7-5-4-6-8-15)19-14(2)18(21)20-16-9-11-17(22-3)12-10-16/h9-15,19H,4-8H2,1-3H3,(H,20,21)/t13-,14+/m1/s1. The second-order valence-electron chi connectivity index (χ2n) is 6.29. The molecule has 4 nitrogen and oxygen atoms in total. The molecule has 1 aromatic rings. The lowest BCUT2D eigenvalue weighted by atomic mass is 9.84. The highest BCUT2D eigenvalue weighted by atomic mass is 16.5. The van der Waals surface area contributed by atoms with Crippen LogP contribution in [-0.4, -0.2) is 25.1 Å². The predicted octanol–water partition coefficient (Wildman–Crippen LogP) is 3.58. The number of rotatable bonds is 6. The summed E-state index contributed by atoms with van der Waals surface area (Å²) in [4.78, 5) is 12.3. The zero-order valence-corrected chi connectivity index (χ0v) is 13.9. The molecule has 2 atom stereocenters. The van der Waals surface area contributed by atoms with Crippen LogP contribution in [0.5, 0.6) is 5.75 Å². The Bertz CT molecular complexity index is 466. The summed E-state index contributed by atoms with van der Waals surface area (Å²) in [7, 11) is 1.63. The molecule has 1 fully saturated rings. The van der Waals surface area contributed by atoms with Gasteiger partial charge in [0.25, 0.3) is 0 Å². The van der Waals surface area contributed by atoms with E-state index >= 15 is 0 Å². The minimum atomic E-state index is -0.195. The molecule has 0 aromatic heterocycles. The van der Waals surface area contributed by atoms with Gasteiger partial charge in [-0.3, -0.25) is 4.79 Å². The van der Waals surface area contributed by atoms with Gasteiger partial charge in [0, 0.05) is 11.7 Å². The number of ether oxygens (including phenoxy) is 1. The van der Waals surface area contributed by atoms with Gasteiger partial charge in [-0.15, -0.1) is 0 Å². The van der Waals surface area contributed by atoms with Crippen molar-refractivity contribution in [1.82, 2.24) is 5.32 Å². The average molecular weight is 304 g/mol. The van der Waals surface area contributed by atoms with Gasteiger partial charge in [-0.2, -0.15) is 0 Å². The first-order valence-electron chi connectivity index (χ1n) is 8.31. The lowest BCUT2D eigenvalue weighted by molar-refractivity contribution is -0.118. The number of carbonyl (C=O) groups excluding carboxylic acids is 1. The molecule has 0 spiro atoms. The van der Waals surface area contributed by atoms with Gasteiger partial charge in [-0.1, -0.05) is 19.3 Å². The highest BCUT2D eigenvalue weighted by Gasteiger charge is 2.23. The van der Waals surface area contributed by atoms with Gasteiger partial charge in [0.2, 0.25) is 5.91 Å². The Morgan fingerprint density at radius 3 is 2.36 bits per heavy atom. The SMILES string of the molecule is COc1ccc(NC(=O)[C@H](C)N[C@H](C)C2CCCCC2)cc1. The molecule has 2 N–H and O–H groups in total. The fourth-order valence-corrected chi connectivity index (χ4v) is 3.17. The summed E-state index contributed by atoms with van der Waals surface area (Å²) in [5, 5.41) is 6.40. The molecule has 1 amide bonds. The monoisotopic (exact) mass is 304 g/mol. The fourth-order valence-electron chi connectivity index (χ4n) is 3.17. The number of carbonyl (C=O) groups is 1. The maximum Gasteiger partial charge on any atom is 0.241 e. The van der Waals surface area contributed by atoms with Crippen LogP contribution in [0.15, 0.2) is 24.3 Å². The van der Waals surface area contributed by atoms with Crippen LogP contribution in [0.2, 0.25) is 0 Å². The van der Waals surface area contributed by atoms with E-state index in [1.54, 1.807) is 7.11 Å². The van der Waals surface area contributed by atoms with Crippen molar-refractivity contribution in [3.63, 3.8) is 0 Å². The molecule has 4 heteroatoms. The molecule has 1 aromatic carbocycles. The predicted molar refractivity (Wildman–Crippen MR) is 90.3 cm³/mol. The number of anilines is 1. The van der Waals surface area contributed by atoms with Crippen molar-refractivity contribution in [1.29, 1.82) is 0 Å². The molecule has 2 rings (SSSR count). The van der Waals surface area contributed by atoms with E-state index in [9.17, 15) is 4.79 Å². The number of benzene rings is 1. The van der Waals surface area contributed by atoms with Gasteiger partial charge in [-0.05, 0) is 56.9 Å². The van der Waals surface area contributed by atoms with Crippen molar-refractivity contribution in [2.45, 2.75) is 58.0 Å². The first-order chi connectivity index (χ1) is 10.6. The van der Waals surface area contributed by atoms with Crippen molar-refractivity contribution in [3.8, 4) is 5.75 Å². The minimum Gasteiger partial charge on any atom is -0.497 e. The maximum atomic E-state index is 12.3. The molecule has 0 bridgehead atoms. The van der Waals surface area contributed by atoms with E-state index in [4.69, 9.17) is 4.74 Å². The number of methoxy groups -OCH3 is 1. The van der Waals surface area contributed by atoms with Crippen LogP contribution < -0.4 is 15.4 Å². The molecular formula is C18H28N2O2. The number of hydrogen-bond donors (Lipinski definition) is 2. The smallest absolute Gasteiger partial charge is 0.241 e. The Morgan fingerprint density at radius 1 is 1.14 bits per heavy atom. The number of hydrogen-bond acceptors (Lipinski definition) is 3. The summed E-state index contributed by atoms with van der Waals surface area (Å²) in [6, 6.07) is 7.59. The van der Waals surface area contributed by atoms with Gasteiger partial charge < -0.3 is 15.4 Å². The summed E-state index contributed by atoms with van der Waals surface area (Å²) >= 11 is 0. The Morgan fingerprint density at radius 2 is 1.77 bits per heavy atom. The summed E-state index contributed by atoms with van der Waals surface area (Å²) < 4.78 is 5.12. The van der Waals surface area contributed by atoms with E-state index in [1.807, 2.05) is 31.2 Å². The molecular weight excluding hydrogens is 276 g/mol. The lowest BCUT2D eigenvalue weighted by Crippen LogP contribution is -2.46. The van der Waals surface area contributed by atoms with Crippen LogP contribution >= 0.6 is 0 Å². The molecule has 22 heavy (non-hydrogen) atoms. The molecule has 0 heterocycles. The van der Waals surface area contributed by atoms with Crippen molar-refractivity contribution in [2.75, 3.05) is 12.4 Å². The minimum absolute atomic E-state index is 0.00725. The molecule has 122 valence electrons. The van der Waals surface area contributed by atoms with Crippen LogP contribution in [0.3, 0.4) is 0 Å². The first kappa shape index (κ1) is 16.8. The van der Waals surface area contributed by atoms with Crippen molar-refractivity contribution in [2.24, 2.45) is 5.92 Å². The third kappa shape index (κ3) is 4.73. The van der Waals surface area contributed by atoms with Crippen LogP contribution in [-0.2, 0) is 4.79 Å². The van der Waals surface area contributed by atoms with E-state index in [1.165, 1.54) is 32.1 Å². The Hall–Kier alpha value is -1.55. The summed E-state index contributed by atoms with van der Waals surface area (Å²) in [5.74, 6) is 1.49. The molecule has 1 aliphatic rings. The Kier molecular flexibility index (Phi) is 6.25. The topological polar surface area (TPSA) is 50.4 Å². The van der Waals surface area contributed by atoms with E-state index in [-0.39, 0.29) is 11.9 Å². The van der Waals surface area contributed by atoms with Gasteiger partial charge >= 0.3 is 0 Å². The highest BCUT2D eigenvalue weighted by molar-refractivity contribution is 5.94. The highest BCUT2D eigenvalue weighted by Crippen LogP contribution is 2.26. The quantitative estimate of drug-likeness (QED) is 0.844. The number of amides is 1. The summed E-state index contributed by atoms with van der Waals surface area (Å²) in [6.07, 6.45) is 6.56. The molecule has 0 aliphatic heterocycles. The van der Waals surface area contributed by atoms with Gasteiger partial charge in [-0.25, -0.2) is 0 Å². The van der Waals surface area contributed by atoms with Gasteiger partial charge in [0.05, 0.1) is 13.2 Å². The second-order valence-corrected chi connectivity index (χ2v) is 6.29. The van der Waals surface area contributed by atoms with Crippen molar-refractivity contribution in [3.05, 3.63) is 24.3 Å². The lowest BCUT2D eigenvalue weighted by Gasteiger charge is -2.30. The van der Waals surface area contributed by atoms with E-state index in [0.717, 1.165) is 11.4 Å². The molecule has 0 radical (unpaired) electrons. The zero-order chi connectivity index (χ0) is 15.9. The van der Waals surface area contributed by atoms with Crippen LogP contribution in [0.1, 0.15) is 46.0 Å². The normalized spacial score (nSPS) is 18.5. The average Bonchev–Trinajstić information content (AvgIpc) is 2.56. The zero-order valence-electron chi connectivity index (χ0n) is 13.9. The van der Waals surface area contributed by atoms with Crippen molar-refractivity contribution >= 4 is 11.6 Å². The Labute approximate surface area is 133 Å². The van der Waals surface area contributed by atoms with Crippen LogP contribution in [0, 0.1) is 5.92 Å². The van der Waals surface area contributed by atoms with E-state index < -0.39 is 0 Å². The maximum absolute atomic E-state index is 12.3. The van der Waals surface area contributed by atoms with Crippen LogP contribution in [0.4, 0.5) is 5.69 Å².